The van der Waals surface area contributed by atoms with Gasteiger partial charge in [-0.15, -0.1) is 0 Å². The Kier molecular flexibility index (Phi) is 17.7. The number of hydrogen-bond donors (Lipinski definition) is 1. The highest BCUT2D eigenvalue weighted by molar-refractivity contribution is 5.11. The highest BCUT2D eigenvalue weighted by Gasteiger charge is 2.63. The molecule has 16 unspecified atom stereocenters. The molecule has 0 aromatic heterocycles. The topological polar surface area (TPSA) is 12.0 Å². The summed E-state index contributed by atoms with van der Waals surface area (Å²) < 4.78 is 0. The molecule has 3 fully saturated rings. The van der Waals surface area contributed by atoms with Crippen LogP contribution < -0.4 is 5.32 Å². The van der Waals surface area contributed by atoms with Gasteiger partial charge >= 0.3 is 0 Å². The van der Waals surface area contributed by atoms with Gasteiger partial charge in [0.25, 0.3) is 0 Å². The van der Waals surface area contributed by atoms with Gasteiger partial charge in [0.15, 0.2) is 0 Å². The van der Waals surface area contributed by atoms with Gasteiger partial charge in [0.2, 0.25) is 0 Å². The maximum Gasteiger partial charge on any atom is -0.00235 e. The molecule has 47 heavy (non-hydrogen) atoms. The van der Waals surface area contributed by atoms with Gasteiger partial charge in [-0.1, -0.05) is 147 Å². The highest BCUT2D eigenvalue weighted by Crippen LogP contribution is 2.69. The van der Waals surface area contributed by atoms with Crippen molar-refractivity contribution < 1.29 is 0 Å². The molecule has 0 radical (unpaired) electrons. The highest BCUT2D eigenvalue weighted by atomic mass is 14.8. The van der Waals surface area contributed by atoms with E-state index in [2.05, 4.69) is 95.4 Å². The summed E-state index contributed by atoms with van der Waals surface area (Å²) in [7, 11) is 2.17. The molecular weight excluding hydrogens is 567 g/mol. The fourth-order valence-corrected chi connectivity index (χ4v) is 13.5. The standard InChI is InChI=1S/C46H89N/c1-14-20-33(11)42(30(7)8)43(31(9)18-5)41-28-40(37(19-6)36(22-16-3)26-25-35(21-15-2)29-47-13)45(41)46-39(23-17-4)34(12)44(46)38-27-24-32(38)10/h30-47H,14-29H2,1-13H3. The van der Waals surface area contributed by atoms with Gasteiger partial charge in [0, 0.05) is 0 Å². The Labute approximate surface area is 298 Å². The molecular formula is C46H89N. The van der Waals surface area contributed by atoms with Gasteiger partial charge in [0.05, 0.1) is 0 Å². The zero-order valence-electron chi connectivity index (χ0n) is 34.6. The summed E-state index contributed by atoms with van der Waals surface area (Å²) in [6.07, 6.45) is 21.5. The fraction of sp³-hybridized carbons (Fsp3) is 1.00. The van der Waals surface area contributed by atoms with Gasteiger partial charge in [-0.05, 0) is 146 Å². The minimum absolute atomic E-state index is 0.793. The van der Waals surface area contributed by atoms with Crippen LogP contribution in [0, 0.1) is 101 Å². The minimum Gasteiger partial charge on any atom is -0.319 e. The molecule has 1 N–H and O–H groups in total. The summed E-state index contributed by atoms with van der Waals surface area (Å²) in [4.78, 5) is 0. The summed E-state index contributed by atoms with van der Waals surface area (Å²) >= 11 is 0. The average Bonchev–Trinajstić information content (AvgIpc) is 3.03. The van der Waals surface area contributed by atoms with Gasteiger partial charge < -0.3 is 5.32 Å². The first-order chi connectivity index (χ1) is 22.6. The maximum atomic E-state index is 3.56. The third-order valence-corrected chi connectivity index (χ3v) is 15.8. The molecule has 0 heterocycles. The Bertz CT molecular complexity index is 827. The first-order valence-corrected chi connectivity index (χ1v) is 22.2. The molecule has 1 heteroatoms. The third kappa shape index (κ3) is 9.45. The Hall–Kier alpha value is -0.0400. The third-order valence-electron chi connectivity index (χ3n) is 15.8. The Morgan fingerprint density at radius 3 is 1.83 bits per heavy atom. The van der Waals surface area contributed by atoms with Crippen molar-refractivity contribution in [3.63, 3.8) is 0 Å². The molecule has 16 atom stereocenters. The van der Waals surface area contributed by atoms with E-state index in [1.54, 1.807) is 6.42 Å². The molecule has 0 aromatic rings. The number of hydrogen-bond acceptors (Lipinski definition) is 1. The van der Waals surface area contributed by atoms with Crippen molar-refractivity contribution in [2.75, 3.05) is 13.6 Å². The lowest BCUT2D eigenvalue weighted by Crippen LogP contribution is -2.63. The van der Waals surface area contributed by atoms with E-state index in [9.17, 15) is 0 Å². The van der Waals surface area contributed by atoms with Gasteiger partial charge in [-0.3, -0.25) is 0 Å². The van der Waals surface area contributed by atoms with Crippen LogP contribution >= 0.6 is 0 Å². The van der Waals surface area contributed by atoms with Gasteiger partial charge in [-0.25, -0.2) is 0 Å². The fourth-order valence-electron chi connectivity index (χ4n) is 13.5. The van der Waals surface area contributed by atoms with E-state index in [1.165, 1.54) is 96.4 Å². The first kappa shape index (κ1) is 41.4. The lowest BCUT2D eigenvalue weighted by molar-refractivity contribution is -0.204. The van der Waals surface area contributed by atoms with E-state index >= 15 is 0 Å². The number of nitrogens with one attached hydrogen (secondary N) is 1. The van der Waals surface area contributed by atoms with Crippen molar-refractivity contribution >= 4 is 0 Å². The molecule has 278 valence electrons. The lowest BCUT2D eigenvalue weighted by atomic mass is 9.37. The zero-order chi connectivity index (χ0) is 34.8. The van der Waals surface area contributed by atoms with Crippen molar-refractivity contribution in [1.29, 1.82) is 0 Å². The van der Waals surface area contributed by atoms with E-state index in [0.717, 1.165) is 101 Å². The largest absolute Gasteiger partial charge is 0.319 e. The van der Waals surface area contributed by atoms with E-state index < -0.39 is 0 Å². The zero-order valence-corrected chi connectivity index (χ0v) is 34.6. The molecule has 0 saturated heterocycles. The summed E-state index contributed by atoms with van der Waals surface area (Å²) in [5.74, 6) is 15.9. The van der Waals surface area contributed by atoms with Crippen LogP contribution in [0.4, 0.5) is 0 Å². The molecule has 1 nitrogen and oxygen atoms in total. The van der Waals surface area contributed by atoms with E-state index in [4.69, 9.17) is 0 Å². The Balaban J connectivity index is 2.07. The lowest BCUT2D eigenvalue weighted by Gasteiger charge is -2.68. The molecule has 3 aliphatic carbocycles. The molecule has 0 spiro atoms. The predicted molar refractivity (Wildman–Crippen MR) is 211 cm³/mol. The Morgan fingerprint density at radius 2 is 1.34 bits per heavy atom. The monoisotopic (exact) mass is 656 g/mol. The molecule has 0 aromatic carbocycles. The second-order valence-electron chi connectivity index (χ2n) is 18.8. The van der Waals surface area contributed by atoms with Crippen LogP contribution in [-0.2, 0) is 0 Å². The molecule has 0 aliphatic heterocycles. The second kappa shape index (κ2) is 20.1. The van der Waals surface area contributed by atoms with Crippen LogP contribution in [0.3, 0.4) is 0 Å². The van der Waals surface area contributed by atoms with Crippen molar-refractivity contribution in [3.8, 4) is 0 Å². The van der Waals surface area contributed by atoms with Crippen molar-refractivity contribution in [2.24, 2.45) is 101 Å². The molecule has 3 aliphatic rings. The maximum absolute atomic E-state index is 3.56. The van der Waals surface area contributed by atoms with Crippen molar-refractivity contribution in [2.45, 2.75) is 179 Å². The Morgan fingerprint density at radius 1 is 0.660 bits per heavy atom. The average molecular weight is 656 g/mol. The quantitative estimate of drug-likeness (QED) is 0.109. The SMILES string of the molecule is CCCC(CCC(CCC)C(CC)C1CC(C(C(C)CC)C(C(C)C)C(C)CCC)C1C1C(CCC)C(C)C1C1CCC1C)CNC. The summed E-state index contributed by atoms with van der Waals surface area (Å²) in [6.45, 7) is 32.0. The van der Waals surface area contributed by atoms with Gasteiger partial charge in [-0.2, -0.15) is 0 Å². The first-order valence-electron chi connectivity index (χ1n) is 22.2. The minimum atomic E-state index is 0.793. The molecule has 3 saturated carbocycles. The van der Waals surface area contributed by atoms with E-state index in [1.807, 2.05) is 0 Å². The van der Waals surface area contributed by atoms with E-state index in [-0.39, 0.29) is 0 Å². The van der Waals surface area contributed by atoms with Crippen molar-refractivity contribution in [1.82, 2.24) is 5.32 Å². The van der Waals surface area contributed by atoms with Crippen LogP contribution in [0.5, 0.6) is 0 Å². The van der Waals surface area contributed by atoms with Crippen LogP contribution in [0.25, 0.3) is 0 Å². The van der Waals surface area contributed by atoms with Gasteiger partial charge in [0.1, 0.15) is 0 Å². The van der Waals surface area contributed by atoms with Crippen LogP contribution in [-0.4, -0.2) is 13.6 Å². The molecule has 0 amide bonds. The molecule has 3 rings (SSSR count). The van der Waals surface area contributed by atoms with Crippen LogP contribution in [0.2, 0.25) is 0 Å². The predicted octanol–water partition coefficient (Wildman–Crippen LogP) is 13.8. The summed E-state index contributed by atoms with van der Waals surface area (Å²) in [5.41, 5.74) is 0. The van der Waals surface area contributed by atoms with Crippen LogP contribution in [0.1, 0.15) is 179 Å². The second-order valence-corrected chi connectivity index (χ2v) is 18.8. The summed E-state index contributed by atoms with van der Waals surface area (Å²) in [6, 6.07) is 0. The van der Waals surface area contributed by atoms with Crippen LogP contribution in [0.15, 0.2) is 0 Å². The number of rotatable bonds is 24. The molecule has 0 bridgehead atoms. The smallest absolute Gasteiger partial charge is 0.00235 e. The normalized spacial score (nSPS) is 35.2. The van der Waals surface area contributed by atoms with Crippen molar-refractivity contribution in [3.05, 3.63) is 0 Å². The summed E-state index contributed by atoms with van der Waals surface area (Å²) in [5, 5.41) is 3.56. The van der Waals surface area contributed by atoms with E-state index in [0.29, 0.717) is 0 Å².